The van der Waals surface area contributed by atoms with Crippen molar-refractivity contribution in [2.24, 2.45) is 0 Å². The Kier molecular flexibility index (Phi) is 2.14. The molecule has 0 saturated heterocycles. The van der Waals surface area contributed by atoms with E-state index in [1.807, 2.05) is 0 Å². The highest BCUT2D eigenvalue weighted by molar-refractivity contribution is 6.00. The minimum absolute atomic E-state index is 0.762. The molecule has 0 bridgehead atoms. The molecule has 0 aromatic heterocycles. The molecule has 4 rings (SSSR count). The lowest BCUT2D eigenvalue weighted by molar-refractivity contribution is 0.111. The lowest BCUT2D eigenvalue weighted by Crippen LogP contribution is -2.09. The van der Waals surface area contributed by atoms with Crippen LogP contribution in [0.1, 0.15) is 11.1 Å². The van der Waals surface area contributed by atoms with Gasteiger partial charge in [-0.05, 0) is 51.2 Å². The van der Waals surface area contributed by atoms with Crippen LogP contribution in [0.15, 0.2) is 48.5 Å². The lowest BCUT2D eigenvalue weighted by atomic mass is 9.93. The quantitative estimate of drug-likeness (QED) is 0.533. The molecular formula is C17H14O. The van der Waals surface area contributed by atoms with Crippen LogP contribution in [0.2, 0.25) is 0 Å². The highest BCUT2D eigenvalue weighted by Gasteiger charge is 2.12. The van der Waals surface area contributed by atoms with E-state index in [2.05, 4.69) is 48.5 Å². The van der Waals surface area contributed by atoms with Crippen molar-refractivity contribution in [1.82, 2.24) is 0 Å². The minimum Gasteiger partial charge on any atom is -0.376 e. The lowest BCUT2D eigenvalue weighted by Gasteiger charge is -2.18. The maximum atomic E-state index is 5.53. The van der Waals surface area contributed by atoms with Crippen molar-refractivity contribution in [3.8, 4) is 0 Å². The Balaban J connectivity index is 2.11. The predicted molar refractivity (Wildman–Crippen MR) is 74.8 cm³/mol. The van der Waals surface area contributed by atoms with E-state index in [9.17, 15) is 0 Å². The van der Waals surface area contributed by atoms with E-state index in [1.54, 1.807) is 0 Å². The number of benzene rings is 3. The van der Waals surface area contributed by atoms with E-state index in [-0.39, 0.29) is 0 Å². The first kappa shape index (κ1) is 10.1. The van der Waals surface area contributed by atoms with Crippen LogP contribution < -0.4 is 0 Å². The van der Waals surface area contributed by atoms with Crippen LogP contribution in [0.3, 0.4) is 0 Å². The van der Waals surface area contributed by atoms with Crippen molar-refractivity contribution in [2.75, 3.05) is 6.61 Å². The summed E-state index contributed by atoms with van der Waals surface area (Å²) in [5, 5.41) is 5.38. The van der Waals surface area contributed by atoms with Gasteiger partial charge in [0.25, 0.3) is 0 Å². The molecule has 0 atom stereocenters. The Hall–Kier alpha value is -1.86. The van der Waals surface area contributed by atoms with Crippen molar-refractivity contribution >= 4 is 21.5 Å². The van der Waals surface area contributed by atoms with Crippen molar-refractivity contribution in [2.45, 2.75) is 13.0 Å². The second-order valence-corrected chi connectivity index (χ2v) is 4.93. The fourth-order valence-corrected chi connectivity index (χ4v) is 2.91. The van der Waals surface area contributed by atoms with Gasteiger partial charge in [-0.25, -0.2) is 0 Å². The predicted octanol–water partition coefficient (Wildman–Crippen LogP) is 4.07. The van der Waals surface area contributed by atoms with Gasteiger partial charge in [0.05, 0.1) is 13.2 Å². The van der Waals surface area contributed by atoms with Crippen LogP contribution in [-0.4, -0.2) is 6.61 Å². The fraction of sp³-hybridized carbons (Fsp3) is 0.176. The topological polar surface area (TPSA) is 9.23 Å². The smallest absolute Gasteiger partial charge is 0.0719 e. The van der Waals surface area contributed by atoms with Crippen LogP contribution in [0.5, 0.6) is 0 Å². The van der Waals surface area contributed by atoms with Crippen LogP contribution in [0.4, 0.5) is 0 Å². The summed E-state index contributed by atoms with van der Waals surface area (Å²) in [4.78, 5) is 0. The molecule has 0 unspecified atom stereocenters. The summed E-state index contributed by atoms with van der Waals surface area (Å²) in [5.74, 6) is 0. The molecule has 0 amide bonds. The summed E-state index contributed by atoms with van der Waals surface area (Å²) in [6, 6.07) is 17.6. The number of rotatable bonds is 0. The minimum atomic E-state index is 0.762. The third-order valence-electron chi connectivity index (χ3n) is 3.85. The van der Waals surface area contributed by atoms with Crippen molar-refractivity contribution < 1.29 is 4.74 Å². The zero-order valence-electron chi connectivity index (χ0n) is 10.1. The van der Waals surface area contributed by atoms with Gasteiger partial charge in [0.1, 0.15) is 0 Å². The van der Waals surface area contributed by atoms with E-state index in [0.29, 0.717) is 0 Å². The summed E-state index contributed by atoms with van der Waals surface area (Å²) in [6.07, 6.45) is 1.03. The average molecular weight is 234 g/mol. The maximum Gasteiger partial charge on any atom is 0.0719 e. The molecule has 0 spiro atoms. The first-order chi connectivity index (χ1) is 8.92. The summed E-state index contributed by atoms with van der Waals surface area (Å²) >= 11 is 0. The largest absolute Gasteiger partial charge is 0.376 e. The second kappa shape index (κ2) is 3.82. The molecule has 0 N–H and O–H groups in total. The normalized spacial score (nSPS) is 14.9. The molecule has 1 aliphatic rings. The zero-order chi connectivity index (χ0) is 11.9. The van der Waals surface area contributed by atoms with Gasteiger partial charge in [-0.2, -0.15) is 0 Å². The SMILES string of the molecule is c1ccc2cc3c4c(ccc3cc2c1)COCC4. The standard InChI is InChI=1S/C17H14O/c1-2-4-13-10-17-14(9-12(13)3-1)5-6-15-11-18-8-7-16(15)17/h1-6,9-10H,7-8,11H2. The molecule has 1 nitrogen and oxygen atoms in total. The Bertz CT molecular complexity index is 743. The molecule has 0 fully saturated rings. The van der Waals surface area contributed by atoms with Crippen LogP contribution in [0, 0.1) is 0 Å². The molecule has 1 aliphatic heterocycles. The molecule has 3 aromatic carbocycles. The van der Waals surface area contributed by atoms with Gasteiger partial charge in [0.15, 0.2) is 0 Å². The molecule has 1 heterocycles. The zero-order valence-corrected chi connectivity index (χ0v) is 10.1. The molecule has 0 aliphatic carbocycles. The van der Waals surface area contributed by atoms with E-state index >= 15 is 0 Å². The van der Waals surface area contributed by atoms with Gasteiger partial charge in [-0.3, -0.25) is 0 Å². The molecule has 1 heteroatoms. The van der Waals surface area contributed by atoms with Gasteiger partial charge in [-0.15, -0.1) is 0 Å². The van der Waals surface area contributed by atoms with Crippen LogP contribution >= 0.6 is 0 Å². The van der Waals surface area contributed by atoms with Gasteiger partial charge in [-0.1, -0.05) is 36.4 Å². The van der Waals surface area contributed by atoms with Crippen molar-refractivity contribution in [1.29, 1.82) is 0 Å². The van der Waals surface area contributed by atoms with E-state index in [1.165, 1.54) is 32.7 Å². The molecule has 0 saturated carbocycles. The maximum absolute atomic E-state index is 5.53. The van der Waals surface area contributed by atoms with Gasteiger partial charge >= 0.3 is 0 Å². The number of hydrogen-bond acceptors (Lipinski definition) is 1. The first-order valence-electron chi connectivity index (χ1n) is 6.43. The van der Waals surface area contributed by atoms with Crippen molar-refractivity contribution in [3.05, 3.63) is 59.7 Å². The number of ether oxygens (including phenoxy) is 1. The number of hydrogen-bond donors (Lipinski definition) is 0. The molecule has 0 radical (unpaired) electrons. The molecule has 88 valence electrons. The Morgan fingerprint density at radius 1 is 0.833 bits per heavy atom. The molecule has 18 heavy (non-hydrogen) atoms. The monoisotopic (exact) mass is 234 g/mol. The van der Waals surface area contributed by atoms with Gasteiger partial charge in [0, 0.05) is 0 Å². The number of fused-ring (bicyclic) bond motifs is 4. The Morgan fingerprint density at radius 2 is 1.67 bits per heavy atom. The summed E-state index contributed by atoms with van der Waals surface area (Å²) in [5.41, 5.74) is 2.83. The van der Waals surface area contributed by atoms with E-state index in [4.69, 9.17) is 4.74 Å². The molecule has 3 aromatic rings. The van der Waals surface area contributed by atoms with Crippen LogP contribution in [-0.2, 0) is 17.8 Å². The fourth-order valence-electron chi connectivity index (χ4n) is 2.91. The van der Waals surface area contributed by atoms with Gasteiger partial charge in [0.2, 0.25) is 0 Å². The summed E-state index contributed by atoms with van der Waals surface area (Å²) < 4.78 is 5.53. The van der Waals surface area contributed by atoms with Gasteiger partial charge < -0.3 is 4.74 Å². The Morgan fingerprint density at radius 3 is 2.56 bits per heavy atom. The summed E-state index contributed by atoms with van der Waals surface area (Å²) in [6.45, 7) is 1.61. The van der Waals surface area contributed by atoms with Crippen molar-refractivity contribution in [3.63, 3.8) is 0 Å². The average Bonchev–Trinajstić information content (AvgIpc) is 2.45. The summed E-state index contributed by atoms with van der Waals surface area (Å²) in [7, 11) is 0. The Labute approximate surface area is 106 Å². The first-order valence-corrected chi connectivity index (χ1v) is 6.43. The van der Waals surface area contributed by atoms with Crippen LogP contribution in [0.25, 0.3) is 21.5 Å². The highest BCUT2D eigenvalue weighted by Crippen LogP contribution is 2.30. The molecular weight excluding hydrogens is 220 g/mol. The van der Waals surface area contributed by atoms with E-state index < -0.39 is 0 Å². The third kappa shape index (κ3) is 1.44. The van der Waals surface area contributed by atoms with E-state index in [0.717, 1.165) is 19.6 Å². The second-order valence-electron chi connectivity index (χ2n) is 4.93. The third-order valence-corrected chi connectivity index (χ3v) is 3.85. The highest BCUT2D eigenvalue weighted by atomic mass is 16.5.